The summed E-state index contributed by atoms with van der Waals surface area (Å²) in [5.41, 5.74) is 4.90. The molecule has 0 saturated heterocycles. The van der Waals surface area contributed by atoms with Crippen LogP contribution >= 0.6 is 0 Å². The fourth-order valence-corrected chi connectivity index (χ4v) is 3.15. The summed E-state index contributed by atoms with van der Waals surface area (Å²) in [5.74, 6) is 0. The van der Waals surface area contributed by atoms with Gasteiger partial charge in [-0.2, -0.15) is 0 Å². The smallest absolute Gasteiger partial charge is 0.0487 e. The first-order chi connectivity index (χ1) is 11.8. The third kappa shape index (κ3) is 2.65. The van der Waals surface area contributed by atoms with E-state index < -0.39 is 0 Å². The Labute approximate surface area is 142 Å². The number of para-hydroxylation sites is 1. The molecule has 4 aromatic rings. The minimum Gasteiger partial charge on any atom is -0.344 e. The normalized spacial score (nSPS) is 10.7. The van der Waals surface area contributed by atoms with Crippen molar-refractivity contribution in [1.29, 1.82) is 0 Å². The Kier molecular flexibility index (Phi) is 3.76. The number of hydrogen-bond donors (Lipinski definition) is 0. The molecular formula is C23H19N. The molecule has 0 aliphatic heterocycles. The van der Waals surface area contributed by atoms with Gasteiger partial charge in [0.2, 0.25) is 0 Å². The van der Waals surface area contributed by atoms with E-state index in [4.69, 9.17) is 0 Å². The third-order valence-electron chi connectivity index (χ3n) is 4.47. The van der Waals surface area contributed by atoms with Crippen molar-refractivity contribution in [3.8, 4) is 11.1 Å². The van der Waals surface area contributed by atoms with Crippen molar-refractivity contribution in [3.05, 3.63) is 97.1 Å². The molecule has 0 fully saturated rings. The fraction of sp³-hybridized carbons (Fsp3) is 0.0435. The zero-order chi connectivity index (χ0) is 16.4. The van der Waals surface area contributed by atoms with E-state index in [1.807, 2.05) is 6.07 Å². The van der Waals surface area contributed by atoms with E-state index in [0.717, 1.165) is 0 Å². The van der Waals surface area contributed by atoms with Crippen LogP contribution in [0.25, 0.3) is 21.9 Å². The maximum absolute atomic E-state index is 2.29. The highest BCUT2D eigenvalue weighted by atomic mass is 15.1. The molecule has 1 heteroatoms. The molecule has 0 aromatic heterocycles. The second-order valence-corrected chi connectivity index (χ2v) is 5.97. The number of rotatable bonds is 3. The van der Waals surface area contributed by atoms with Crippen molar-refractivity contribution in [2.24, 2.45) is 0 Å². The van der Waals surface area contributed by atoms with Crippen LogP contribution in [0, 0.1) is 0 Å². The maximum atomic E-state index is 2.29. The molecule has 0 aliphatic carbocycles. The van der Waals surface area contributed by atoms with Crippen molar-refractivity contribution in [2.75, 3.05) is 11.9 Å². The SMILES string of the molecule is CN(c1ccccc1)c1cccc2ccc(-c3ccccc3)cc12. The van der Waals surface area contributed by atoms with Gasteiger partial charge in [-0.25, -0.2) is 0 Å². The number of hydrogen-bond acceptors (Lipinski definition) is 1. The zero-order valence-electron chi connectivity index (χ0n) is 13.7. The number of fused-ring (bicyclic) bond motifs is 1. The van der Waals surface area contributed by atoms with Crippen LogP contribution in [0.15, 0.2) is 97.1 Å². The molecule has 0 N–H and O–H groups in total. The molecule has 4 aromatic carbocycles. The van der Waals surface area contributed by atoms with Crippen LogP contribution in [0.5, 0.6) is 0 Å². The van der Waals surface area contributed by atoms with E-state index in [9.17, 15) is 0 Å². The Hall–Kier alpha value is -3.06. The second-order valence-electron chi connectivity index (χ2n) is 5.97. The number of anilines is 2. The molecule has 0 amide bonds. The van der Waals surface area contributed by atoms with Crippen molar-refractivity contribution < 1.29 is 0 Å². The number of nitrogens with zero attached hydrogens (tertiary/aromatic N) is 1. The first-order valence-electron chi connectivity index (χ1n) is 8.20. The predicted molar refractivity (Wildman–Crippen MR) is 104 cm³/mol. The fourth-order valence-electron chi connectivity index (χ4n) is 3.15. The van der Waals surface area contributed by atoms with Crippen LogP contribution in [-0.2, 0) is 0 Å². The zero-order valence-corrected chi connectivity index (χ0v) is 13.7. The van der Waals surface area contributed by atoms with E-state index in [0.29, 0.717) is 0 Å². The summed E-state index contributed by atoms with van der Waals surface area (Å²) in [6.07, 6.45) is 0. The van der Waals surface area contributed by atoms with Crippen LogP contribution in [-0.4, -0.2) is 7.05 Å². The second kappa shape index (κ2) is 6.21. The lowest BCUT2D eigenvalue weighted by molar-refractivity contribution is 1.22. The van der Waals surface area contributed by atoms with Gasteiger partial charge in [-0.05, 0) is 40.8 Å². The van der Waals surface area contributed by atoms with Crippen LogP contribution in [0.2, 0.25) is 0 Å². The Bertz CT molecular complexity index is 959. The molecular weight excluding hydrogens is 290 g/mol. The van der Waals surface area contributed by atoms with Crippen molar-refractivity contribution in [3.63, 3.8) is 0 Å². The van der Waals surface area contributed by atoms with E-state index in [2.05, 4.69) is 103 Å². The van der Waals surface area contributed by atoms with Gasteiger partial charge < -0.3 is 4.90 Å². The van der Waals surface area contributed by atoms with Crippen LogP contribution in [0.3, 0.4) is 0 Å². The maximum Gasteiger partial charge on any atom is 0.0487 e. The van der Waals surface area contributed by atoms with E-state index in [1.54, 1.807) is 0 Å². The molecule has 0 atom stereocenters. The number of benzene rings is 4. The van der Waals surface area contributed by atoms with Gasteiger partial charge in [-0.3, -0.25) is 0 Å². The minimum absolute atomic E-state index is 1.19. The lowest BCUT2D eigenvalue weighted by Gasteiger charge is -2.21. The Morgan fingerprint density at radius 1 is 0.583 bits per heavy atom. The molecule has 116 valence electrons. The average Bonchev–Trinajstić information content (AvgIpc) is 2.68. The largest absolute Gasteiger partial charge is 0.344 e. The third-order valence-corrected chi connectivity index (χ3v) is 4.47. The van der Waals surface area contributed by atoms with Crippen molar-refractivity contribution in [2.45, 2.75) is 0 Å². The van der Waals surface area contributed by atoms with Gasteiger partial charge >= 0.3 is 0 Å². The van der Waals surface area contributed by atoms with E-state index in [1.165, 1.54) is 33.3 Å². The highest BCUT2D eigenvalue weighted by Crippen LogP contribution is 2.33. The van der Waals surface area contributed by atoms with Gasteiger partial charge in [-0.15, -0.1) is 0 Å². The summed E-state index contributed by atoms with van der Waals surface area (Å²) in [7, 11) is 2.12. The highest BCUT2D eigenvalue weighted by molar-refractivity contribution is 5.98. The molecule has 0 spiro atoms. The molecule has 0 radical (unpaired) electrons. The van der Waals surface area contributed by atoms with Crippen LogP contribution in [0.4, 0.5) is 11.4 Å². The standard InChI is InChI=1S/C23H19N/c1-24(21-12-6-3-7-13-21)23-14-8-11-19-15-16-20(17-22(19)23)18-9-4-2-5-10-18/h2-17H,1H3. The highest BCUT2D eigenvalue weighted by Gasteiger charge is 2.09. The summed E-state index contributed by atoms with van der Waals surface area (Å²) in [5, 5.41) is 2.53. The topological polar surface area (TPSA) is 3.24 Å². The van der Waals surface area contributed by atoms with Gasteiger partial charge in [0.1, 0.15) is 0 Å². The molecule has 0 bridgehead atoms. The van der Waals surface area contributed by atoms with Gasteiger partial charge in [0, 0.05) is 23.8 Å². The quantitative estimate of drug-likeness (QED) is 0.431. The minimum atomic E-state index is 1.19. The monoisotopic (exact) mass is 309 g/mol. The first kappa shape index (κ1) is 14.5. The molecule has 0 heterocycles. The summed E-state index contributed by atoms with van der Waals surface area (Å²) in [4.78, 5) is 2.25. The molecule has 4 rings (SSSR count). The summed E-state index contributed by atoms with van der Waals surface area (Å²) in [6.45, 7) is 0. The summed E-state index contributed by atoms with van der Waals surface area (Å²) in [6, 6.07) is 34.2. The predicted octanol–water partition coefficient (Wildman–Crippen LogP) is 6.27. The average molecular weight is 309 g/mol. The lowest BCUT2D eigenvalue weighted by Crippen LogP contribution is -2.09. The molecule has 1 nitrogen and oxygen atoms in total. The van der Waals surface area contributed by atoms with Crippen molar-refractivity contribution in [1.82, 2.24) is 0 Å². The van der Waals surface area contributed by atoms with Crippen LogP contribution < -0.4 is 4.90 Å². The molecule has 0 aliphatic rings. The Balaban J connectivity index is 1.87. The first-order valence-corrected chi connectivity index (χ1v) is 8.20. The van der Waals surface area contributed by atoms with Gasteiger partial charge in [0.15, 0.2) is 0 Å². The summed E-state index contributed by atoms with van der Waals surface area (Å²) < 4.78 is 0. The van der Waals surface area contributed by atoms with E-state index in [-0.39, 0.29) is 0 Å². The van der Waals surface area contributed by atoms with Gasteiger partial charge in [0.05, 0.1) is 0 Å². The van der Waals surface area contributed by atoms with Gasteiger partial charge in [-0.1, -0.05) is 72.8 Å². The molecule has 24 heavy (non-hydrogen) atoms. The molecule has 0 saturated carbocycles. The van der Waals surface area contributed by atoms with E-state index >= 15 is 0 Å². The van der Waals surface area contributed by atoms with Crippen LogP contribution in [0.1, 0.15) is 0 Å². The Morgan fingerprint density at radius 3 is 2.04 bits per heavy atom. The molecule has 0 unspecified atom stereocenters. The Morgan fingerprint density at radius 2 is 1.29 bits per heavy atom. The van der Waals surface area contributed by atoms with Gasteiger partial charge in [0.25, 0.3) is 0 Å². The van der Waals surface area contributed by atoms with Crippen molar-refractivity contribution >= 4 is 22.1 Å². The summed E-state index contributed by atoms with van der Waals surface area (Å²) >= 11 is 0. The lowest BCUT2D eigenvalue weighted by atomic mass is 10.00.